The molecule has 6 bridgehead atoms. The van der Waals surface area contributed by atoms with Crippen LogP contribution in [0.1, 0.15) is 22.4 Å². The van der Waals surface area contributed by atoms with Crippen LogP contribution in [0, 0.1) is 0 Å². The summed E-state index contributed by atoms with van der Waals surface area (Å²) >= 11 is 6.50. The summed E-state index contributed by atoms with van der Waals surface area (Å²) in [6.07, 6.45) is 4.04. The highest BCUT2D eigenvalue weighted by Gasteiger charge is 2.35. The molecule has 7 heteroatoms. The molecule has 0 saturated heterocycles. The molecule has 0 fully saturated rings. The Morgan fingerprint density at radius 3 is 2.74 bits per heavy atom. The zero-order valence-corrected chi connectivity index (χ0v) is 19.8. The highest BCUT2D eigenvalue weighted by Crippen LogP contribution is 2.39. The van der Waals surface area contributed by atoms with Crippen LogP contribution in [0.3, 0.4) is 0 Å². The van der Waals surface area contributed by atoms with Crippen molar-refractivity contribution in [3.05, 3.63) is 117 Å². The third kappa shape index (κ3) is 3.45. The van der Waals surface area contributed by atoms with E-state index in [0.717, 1.165) is 44.4 Å². The summed E-state index contributed by atoms with van der Waals surface area (Å²) in [6, 6.07) is 21.5. The molecule has 35 heavy (non-hydrogen) atoms. The smallest absolute Gasteiger partial charge is 0.251 e. The maximum absolute atomic E-state index is 12.9. The summed E-state index contributed by atoms with van der Waals surface area (Å²) in [5.41, 5.74) is 12.3. The number of hydrogen-bond donors (Lipinski definition) is 2. The monoisotopic (exact) mass is 482 g/mol. The molecule has 3 aromatic carbocycles. The Hall–Kier alpha value is -3.87. The number of hydrogen-bond acceptors (Lipinski definition) is 4. The van der Waals surface area contributed by atoms with E-state index in [-0.39, 0.29) is 5.56 Å². The Labute approximate surface area is 207 Å². The number of ether oxygens (including phenoxy) is 1. The highest BCUT2D eigenvalue weighted by molar-refractivity contribution is 6.32. The minimum absolute atomic E-state index is 0.0648. The van der Waals surface area contributed by atoms with E-state index in [1.807, 2.05) is 42.5 Å². The Morgan fingerprint density at radius 1 is 1.09 bits per heavy atom. The Balaban J connectivity index is 1.73. The van der Waals surface area contributed by atoms with E-state index in [1.165, 1.54) is 0 Å². The highest BCUT2D eigenvalue weighted by atomic mass is 35.5. The Bertz CT molecular complexity index is 1640. The van der Waals surface area contributed by atoms with Crippen LogP contribution in [-0.4, -0.2) is 21.1 Å². The van der Waals surface area contributed by atoms with Gasteiger partial charge in [0.1, 0.15) is 11.3 Å². The molecule has 6 rings (SSSR count). The molecule has 0 radical (unpaired) electrons. The fraction of sp³-hybridized carbons (Fsp3) is 0.143. The van der Waals surface area contributed by atoms with E-state index < -0.39 is 5.54 Å². The molecule has 3 heterocycles. The lowest BCUT2D eigenvalue weighted by Crippen LogP contribution is -2.39. The normalized spacial score (nSPS) is 17.2. The molecule has 1 unspecified atom stereocenters. The van der Waals surface area contributed by atoms with Crippen LogP contribution in [0.2, 0.25) is 5.02 Å². The van der Waals surface area contributed by atoms with Gasteiger partial charge in [0.2, 0.25) is 0 Å². The lowest BCUT2D eigenvalue weighted by molar-refractivity contribution is 0.321. The number of nitrogens with zero attached hydrogens (tertiary/aromatic N) is 2. The molecule has 0 spiro atoms. The van der Waals surface area contributed by atoms with Crippen LogP contribution >= 0.6 is 11.6 Å². The van der Waals surface area contributed by atoms with Gasteiger partial charge in [0, 0.05) is 24.9 Å². The number of H-pyrrole nitrogens is 1. The quantitative estimate of drug-likeness (QED) is 0.360. The van der Waals surface area contributed by atoms with Gasteiger partial charge in [-0.2, -0.15) is 0 Å². The van der Waals surface area contributed by atoms with Gasteiger partial charge in [0.15, 0.2) is 0 Å². The summed E-state index contributed by atoms with van der Waals surface area (Å²) in [5, 5.41) is 1.47. The second-order valence-corrected chi connectivity index (χ2v) is 9.31. The first-order valence-electron chi connectivity index (χ1n) is 11.4. The van der Waals surface area contributed by atoms with Gasteiger partial charge in [-0.1, -0.05) is 48.0 Å². The van der Waals surface area contributed by atoms with Crippen LogP contribution < -0.4 is 16.0 Å². The molecular formula is C28H23ClN4O2. The number of aromatic nitrogens is 3. The number of pyridine rings is 1. The van der Waals surface area contributed by atoms with Gasteiger partial charge in [-0.25, -0.2) is 4.98 Å². The lowest BCUT2D eigenvalue weighted by atomic mass is 9.80. The van der Waals surface area contributed by atoms with Crippen LogP contribution in [0.5, 0.6) is 5.75 Å². The zero-order valence-electron chi connectivity index (χ0n) is 19.1. The molecule has 1 atom stereocenters. The fourth-order valence-electron chi connectivity index (χ4n) is 4.93. The first-order valence-corrected chi connectivity index (χ1v) is 11.8. The molecule has 3 N–H and O–H groups in total. The lowest BCUT2D eigenvalue weighted by Gasteiger charge is -2.31. The molecule has 2 aromatic heterocycles. The average Bonchev–Trinajstić information content (AvgIpc) is 3.42. The van der Waals surface area contributed by atoms with Crippen LogP contribution in [-0.2, 0) is 19.0 Å². The molecule has 1 aliphatic rings. The summed E-state index contributed by atoms with van der Waals surface area (Å²) in [5.74, 6) is 0.579. The van der Waals surface area contributed by atoms with Crippen LogP contribution in [0.25, 0.3) is 22.0 Å². The second-order valence-electron chi connectivity index (χ2n) is 8.90. The van der Waals surface area contributed by atoms with E-state index in [9.17, 15) is 4.79 Å². The Kier molecular flexibility index (Phi) is 5.02. The number of aryl methyl sites for hydroxylation is 1. The van der Waals surface area contributed by atoms with Crippen molar-refractivity contribution in [2.75, 3.05) is 6.61 Å². The summed E-state index contributed by atoms with van der Waals surface area (Å²) in [7, 11) is 1.79. The molecule has 6 nitrogen and oxygen atoms in total. The van der Waals surface area contributed by atoms with Crippen molar-refractivity contribution in [1.29, 1.82) is 0 Å². The SMILES string of the molecule is Cn1c(=O)cc2c3cc(ccc31)C(N)(c1cnc[nH]1)c1ccc(Cl)c(c1)OCCc1cccc-2c1. The third-order valence-electron chi connectivity index (χ3n) is 6.90. The van der Waals surface area contributed by atoms with Crippen LogP contribution in [0.15, 0.2) is 84.0 Å². The predicted octanol–water partition coefficient (Wildman–Crippen LogP) is 4.77. The number of aromatic amines is 1. The predicted molar refractivity (Wildman–Crippen MR) is 138 cm³/mol. The van der Waals surface area contributed by atoms with Gasteiger partial charge < -0.3 is 20.0 Å². The van der Waals surface area contributed by atoms with E-state index in [4.69, 9.17) is 22.1 Å². The number of imidazole rings is 1. The fourth-order valence-corrected chi connectivity index (χ4v) is 5.10. The number of nitrogens with one attached hydrogen (secondary N) is 1. The summed E-state index contributed by atoms with van der Waals surface area (Å²) in [6.45, 7) is 0.450. The Morgan fingerprint density at radius 2 is 1.91 bits per heavy atom. The van der Waals surface area contributed by atoms with Gasteiger partial charge in [-0.3, -0.25) is 4.79 Å². The largest absolute Gasteiger partial charge is 0.492 e. The van der Waals surface area contributed by atoms with E-state index in [1.54, 1.807) is 30.2 Å². The van der Waals surface area contributed by atoms with Gasteiger partial charge in [0.25, 0.3) is 5.56 Å². The van der Waals surface area contributed by atoms with Crippen molar-refractivity contribution < 1.29 is 4.74 Å². The minimum atomic E-state index is -1.06. The second kappa shape index (κ2) is 8.12. The van der Waals surface area contributed by atoms with E-state index in [0.29, 0.717) is 23.8 Å². The number of halogens is 1. The maximum atomic E-state index is 12.9. The average molecular weight is 483 g/mol. The molecule has 1 aliphatic heterocycles. The van der Waals surface area contributed by atoms with Crippen molar-refractivity contribution >= 4 is 22.5 Å². The van der Waals surface area contributed by atoms with Gasteiger partial charge in [-0.15, -0.1) is 0 Å². The first-order chi connectivity index (χ1) is 16.9. The van der Waals surface area contributed by atoms with Crippen molar-refractivity contribution in [2.24, 2.45) is 12.8 Å². The zero-order chi connectivity index (χ0) is 24.2. The summed E-state index contributed by atoms with van der Waals surface area (Å²) in [4.78, 5) is 20.3. The van der Waals surface area contributed by atoms with E-state index >= 15 is 0 Å². The molecule has 0 saturated carbocycles. The topological polar surface area (TPSA) is 85.9 Å². The van der Waals surface area contributed by atoms with Crippen LogP contribution in [0.4, 0.5) is 0 Å². The molecule has 174 valence electrons. The number of nitrogens with two attached hydrogens (primary N) is 1. The van der Waals surface area contributed by atoms with Crippen molar-refractivity contribution in [3.8, 4) is 16.9 Å². The standard InChI is InChI=1S/C28H23ClN4O2/c1-33-24-8-6-19-12-22(24)21(14-27(33)34)18-4-2-3-17(11-18)9-10-35-25-13-20(5-7-23(25)29)28(19,30)26-15-31-16-32-26/h2-8,11-16H,9-10,30H2,1H3,(H,31,32). The van der Waals surface area contributed by atoms with Gasteiger partial charge in [0.05, 0.1) is 35.4 Å². The number of benzene rings is 3. The number of rotatable bonds is 1. The molecule has 5 aromatic rings. The number of fused-ring (bicyclic) bond motifs is 6. The maximum Gasteiger partial charge on any atom is 0.251 e. The minimum Gasteiger partial charge on any atom is -0.492 e. The van der Waals surface area contributed by atoms with Crippen molar-refractivity contribution in [1.82, 2.24) is 14.5 Å². The summed E-state index contributed by atoms with van der Waals surface area (Å²) < 4.78 is 7.78. The van der Waals surface area contributed by atoms with Gasteiger partial charge >= 0.3 is 0 Å². The molecule has 0 amide bonds. The first kappa shape index (κ1) is 21.6. The van der Waals surface area contributed by atoms with Gasteiger partial charge in [-0.05, 0) is 52.1 Å². The molecule has 0 aliphatic carbocycles. The van der Waals surface area contributed by atoms with Crippen molar-refractivity contribution in [3.63, 3.8) is 0 Å². The molecular weight excluding hydrogens is 460 g/mol. The third-order valence-corrected chi connectivity index (χ3v) is 7.21. The van der Waals surface area contributed by atoms with Crippen molar-refractivity contribution in [2.45, 2.75) is 12.0 Å². The van der Waals surface area contributed by atoms with E-state index in [2.05, 4.69) is 28.2 Å².